The van der Waals surface area contributed by atoms with Gasteiger partial charge in [0.15, 0.2) is 5.13 Å². The maximum atomic E-state index is 13.9. The minimum absolute atomic E-state index is 0.0710. The number of anilines is 1. The second-order valence-corrected chi connectivity index (χ2v) is 9.86. The number of nitrogens with zero attached hydrogens (tertiary/aromatic N) is 2. The molecule has 1 aliphatic heterocycles. The summed E-state index contributed by atoms with van der Waals surface area (Å²) < 4.78 is 53.6. The van der Waals surface area contributed by atoms with Crippen LogP contribution in [0.25, 0.3) is 0 Å². The Kier molecular flexibility index (Phi) is 5.19. The Morgan fingerprint density at radius 3 is 2.57 bits per heavy atom. The molecule has 1 aromatic carbocycles. The van der Waals surface area contributed by atoms with E-state index in [2.05, 4.69) is 10.3 Å². The topological polar surface area (TPSA) is 79.4 Å². The van der Waals surface area contributed by atoms with Gasteiger partial charge in [0.1, 0.15) is 16.5 Å². The highest BCUT2D eigenvalue weighted by molar-refractivity contribution is 7.89. The van der Waals surface area contributed by atoms with E-state index in [4.69, 9.17) is 0 Å². The number of aromatic nitrogens is 1. The number of benzene rings is 1. The first-order valence-electron chi connectivity index (χ1n) is 9.06. The summed E-state index contributed by atoms with van der Waals surface area (Å²) in [7, 11) is -4.15. The van der Waals surface area contributed by atoms with E-state index < -0.39 is 26.6 Å². The largest absolute Gasteiger partial charge is 0.302 e. The van der Waals surface area contributed by atoms with Gasteiger partial charge < -0.3 is 5.32 Å². The number of hydrogen-bond donors (Lipinski definition) is 1. The van der Waals surface area contributed by atoms with E-state index in [0.29, 0.717) is 30.0 Å². The van der Waals surface area contributed by atoms with Crippen molar-refractivity contribution in [3.63, 3.8) is 0 Å². The number of nitrogens with one attached hydrogen (secondary N) is 1. The van der Waals surface area contributed by atoms with E-state index in [9.17, 15) is 22.0 Å². The first-order valence-corrected chi connectivity index (χ1v) is 11.4. The zero-order valence-corrected chi connectivity index (χ0v) is 16.5. The van der Waals surface area contributed by atoms with E-state index in [-0.39, 0.29) is 24.9 Å². The van der Waals surface area contributed by atoms with E-state index in [1.165, 1.54) is 11.3 Å². The highest BCUT2D eigenvalue weighted by Gasteiger charge is 2.34. The summed E-state index contributed by atoms with van der Waals surface area (Å²) >= 11 is 1.39. The molecule has 2 aliphatic rings. The number of carbonyl (C=O) groups is 1. The van der Waals surface area contributed by atoms with Crippen molar-refractivity contribution in [2.75, 3.05) is 18.4 Å². The molecule has 0 atom stereocenters. The summed E-state index contributed by atoms with van der Waals surface area (Å²) in [4.78, 5) is 16.2. The number of halogens is 2. The summed E-state index contributed by atoms with van der Waals surface area (Å²) in [5, 5.41) is 5.32. The summed E-state index contributed by atoms with van der Waals surface area (Å²) in [6.45, 7) is 0.142. The van der Waals surface area contributed by atoms with Gasteiger partial charge >= 0.3 is 0 Å². The Hall–Kier alpha value is -1.91. The standard InChI is InChI=1S/C18H19F2N3O3S2/c19-13-3-4-14(20)16(9-13)28(25,26)23-7-5-12(6-8-23)17(24)22-18-21-15(10-27-18)11-1-2-11/h3-4,9-12H,1-2,5-8H2,(H,21,22,24). The lowest BCUT2D eigenvalue weighted by Gasteiger charge is -2.30. The molecule has 10 heteroatoms. The van der Waals surface area contributed by atoms with Gasteiger partial charge in [-0.2, -0.15) is 4.31 Å². The SMILES string of the molecule is O=C(Nc1nc(C2CC2)cs1)C1CCN(S(=O)(=O)c2cc(F)ccc2F)CC1. The number of thiazole rings is 1. The molecule has 150 valence electrons. The lowest BCUT2D eigenvalue weighted by atomic mass is 9.97. The number of hydrogen-bond acceptors (Lipinski definition) is 5. The fourth-order valence-corrected chi connectivity index (χ4v) is 5.63. The molecule has 1 amide bonds. The second-order valence-electron chi connectivity index (χ2n) is 7.09. The molecule has 0 radical (unpaired) electrons. The molecule has 0 bridgehead atoms. The van der Waals surface area contributed by atoms with Crippen LogP contribution >= 0.6 is 11.3 Å². The third-order valence-electron chi connectivity index (χ3n) is 5.08. The summed E-state index contributed by atoms with van der Waals surface area (Å²) in [6, 6.07) is 2.36. The number of rotatable bonds is 5. The molecular weight excluding hydrogens is 408 g/mol. The zero-order valence-electron chi connectivity index (χ0n) is 14.9. The number of piperidine rings is 1. The molecule has 2 aromatic rings. The van der Waals surface area contributed by atoms with Gasteiger partial charge in [0.25, 0.3) is 0 Å². The third kappa shape index (κ3) is 3.94. The lowest BCUT2D eigenvalue weighted by molar-refractivity contribution is -0.120. The number of carbonyl (C=O) groups excluding carboxylic acids is 1. The van der Waals surface area contributed by atoms with Gasteiger partial charge in [-0.05, 0) is 43.9 Å². The predicted octanol–water partition coefficient (Wildman–Crippen LogP) is 3.34. The van der Waals surface area contributed by atoms with Crippen LogP contribution in [0.1, 0.15) is 37.3 Å². The highest BCUT2D eigenvalue weighted by atomic mass is 32.2. The molecular formula is C18H19F2N3O3S2. The van der Waals surface area contributed by atoms with E-state index in [0.717, 1.165) is 35.0 Å². The van der Waals surface area contributed by atoms with Crippen molar-refractivity contribution in [3.05, 3.63) is 40.9 Å². The second kappa shape index (κ2) is 7.49. The molecule has 1 saturated carbocycles. The van der Waals surface area contributed by atoms with E-state index >= 15 is 0 Å². The summed E-state index contributed by atoms with van der Waals surface area (Å²) in [5.74, 6) is -1.83. The predicted molar refractivity (Wildman–Crippen MR) is 101 cm³/mol. The first kappa shape index (κ1) is 19.4. The van der Waals surface area contributed by atoms with Gasteiger partial charge in [0.05, 0.1) is 5.69 Å². The average molecular weight is 427 g/mol. The number of sulfonamides is 1. The Morgan fingerprint density at radius 1 is 1.18 bits per heavy atom. The molecule has 28 heavy (non-hydrogen) atoms. The van der Waals surface area contributed by atoms with Gasteiger partial charge in [-0.1, -0.05) is 0 Å². The maximum Gasteiger partial charge on any atom is 0.246 e. The highest BCUT2D eigenvalue weighted by Crippen LogP contribution is 2.41. The molecule has 1 aliphatic carbocycles. The van der Waals surface area contributed by atoms with Crippen molar-refractivity contribution >= 4 is 32.4 Å². The average Bonchev–Trinajstić information content (AvgIpc) is 3.43. The van der Waals surface area contributed by atoms with Crippen LogP contribution in [0.5, 0.6) is 0 Å². The van der Waals surface area contributed by atoms with Crippen LogP contribution < -0.4 is 5.32 Å². The minimum Gasteiger partial charge on any atom is -0.302 e. The smallest absolute Gasteiger partial charge is 0.246 e. The van der Waals surface area contributed by atoms with Gasteiger partial charge in [-0.3, -0.25) is 4.79 Å². The van der Waals surface area contributed by atoms with Crippen molar-refractivity contribution in [1.82, 2.24) is 9.29 Å². The fourth-order valence-electron chi connectivity index (χ4n) is 3.29. The molecule has 2 heterocycles. The van der Waals surface area contributed by atoms with Crippen molar-refractivity contribution in [2.24, 2.45) is 5.92 Å². The van der Waals surface area contributed by atoms with Crippen LogP contribution in [0, 0.1) is 17.6 Å². The molecule has 1 aromatic heterocycles. The molecule has 2 fully saturated rings. The Bertz CT molecular complexity index is 997. The molecule has 4 rings (SSSR count). The van der Waals surface area contributed by atoms with Crippen molar-refractivity contribution in [1.29, 1.82) is 0 Å². The van der Waals surface area contributed by atoms with Crippen molar-refractivity contribution in [2.45, 2.75) is 36.5 Å². The third-order valence-corrected chi connectivity index (χ3v) is 7.77. The van der Waals surface area contributed by atoms with Crippen LogP contribution in [0.3, 0.4) is 0 Å². The fraction of sp³-hybridized carbons (Fsp3) is 0.444. The van der Waals surface area contributed by atoms with E-state index in [1.54, 1.807) is 0 Å². The molecule has 1 saturated heterocycles. The van der Waals surface area contributed by atoms with Crippen LogP contribution in [0.15, 0.2) is 28.5 Å². The Morgan fingerprint density at radius 2 is 1.89 bits per heavy atom. The molecule has 6 nitrogen and oxygen atoms in total. The van der Waals surface area contributed by atoms with Crippen molar-refractivity contribution < 1.29 is 22.0 Å². The zero-order chi connectivity index (χ0) is 19.9. The maximum absolute atomic E-state index is 13.9. The van der Waals surface area contributed by atoms with Gasteiger partial charge in [-0.25, -0.2) is 22.2 Å². The van der Waals surface area contributed by atoms with Crippen LogP contribution in [-0.4, -0.2) is 36.7 Å². The van der Waals surface area contributed by atoms with Gasteiger partial charge in [0.2, 0.25) is 15.9 Å². The van der Waals surface area contributed by atoms with E-state index in [1.807, 2.05) is 5.38 Å². The minimum atomic E-state index is -4.15. The Balaban J connectivity index is 1.38. The molecule has 1 N–H and O–H groups in total. The molecule has 0 spiro atoms. The first-order chi connectivity index (χ1) is 13.3. The van der Waals surface area contributed by atoms with Gasteiger partial charge in [-0.15, -0.1) is 11.3 Å². The van der Waals surface area contributed by atoms with Crippen LogP contribution in [0.2, 0.25) is 0 Å². The normalized spacial score (nSPS) is 18.9. The Labute approximate surface area is 165 Å². The summed E-state index contributed by atoms with van der Waals surface area (Å²) in [6.07, 6.45) is 2.89. The summed E-state index contributed by atoms with van der Waals surface area (Å²) in [5.41, 5.74) is 1.01. The quantitative estimate of drug-likeness (QED) is 0.794. The van der Waals surface area contributed by atoms with Crippen LogP contribution in [0.4, 0.5) is 13.9 Å². The number of amides is 1. The molecule has 0 unspecified atom stereocenters. The van der Waals surface area contributed by atoms with Crippen molar-refractivity contribution in [3.8, 4) is 0 Å². The lowest BCUT2D eigenvalue weighted by Crippen LogP contribution is -2.41. The monoisotopic (exact) mass is 427 g/mol. The van der Waals surface area contributed by atoms with Crippen LogP contribution in [-0.2, 0) is 14.8 Å². The van der Waals surface area contributed by atoms with Gasteiger partial charge in [0, 0.05) is 30.3 Å².